The fourth-order valence-electron chi connectivity index (χ4n) is 2.86. The van der Waals surface area contributed by atoms with Crippen LogP contribution in [-0.4, -0.2) is 0 Å². The van der Waals surface area contributed by atoms with Crippen molar-refractivity contribution in [2.24, 2.45) is 0 Å². The zero-order valence-corrected chi connectivity index (χ0v) is 12.7. The monoisotopic (exact) mass is 284 g/mol. The van der Waals surface area contributed by atoms with Gasteiger partial charge in [0.25, 0.3) is 0 Å². The van der Waals surface area contributed by atoms with E-state index in [9.17, 15) is 0 Å². The van der Waals surface area contributed by atoms with Crippen molar-refractivity contribution in [3.8, 4) is 0 Å². The van der Waals surface area contributed by atoms with Crippen molar-refractivity contribution in [3.05, 3.63) is 114 Å². The Labute approximate surface area is 132 Å². The Morgan fingerprint density at radius 3 is 2.00 bits per heavy atom. The largest absolute Gasteiger partial charge is 0.103 e. The number of hydrogen-bond acceptors (Lipinski definition) is 0. The molecule has 0 amide bonds. The molecule has 3 rings (SSSR count). The Morgan fingerprint density at radius 2 is 1.45 bits per heavy atom. The topological polar surface area (TPSA) is 0 Å². The van der Waals surface area contributed by atoms with Crippen LogP contribution in [0.25, 0.3) is 5.57 Å². The van der Waals surface area contributed by atoms with E-state index in [1.807, 2.05) is 6.08 Å². The van der Waals surface area contributed by atoms with Crippen LogP contribution < -0.4 is 0 Å². The van der Waals surface area contributed by atoms with Crippen molar-refractivity contribution in [2.45, 2.75) is 12.8 Å². The molecule has 0 heterocycles. The maximum Gasteiger partial charge on any atom is -0.00361 e. The summed E-state index contributed by atoms with van der Waals surface area (Å²) in [6, 6.07) is 21.3. The summed E-state index contributed by atoms with van der Waals surface area (Å²) >= 11 is 0. The quantitative estimate of drug-likeness (QED) is 0.595. The van der Waals surface area contributed by atoms with Gasteiger partial charge in [0.05, 0.1) is 0 Å². The highest BCUT2D eigenvalue weighted by molar-refractivity contribution is 5.87. The van der Waals surface area contributed by atoms with E-state index in [2.05, 4.69) is 85.5 Å². The summed E-state index contributed by atoms with van der Waals surface area (Å²) < 4.78 is 0. The molecule has 22 heavy (non-hydrogen) atoms. The highest BCUT2D eigenvalue weighted by Gasteiger charge is 2.15. The maximum absolute atomic E-state index is 3.84. The van der Waals surface area contributed by atoms with Gasteiger partial charge in [-0.1, -0.05) is 85.0 Å². The lowest BCUT2D eigenvalue weighted by Gasteiger charge is -2.14. The summed E-state index contributed by atoms with van der Waals surface area (Å²) in [4.78, 5) is 0. The fourth-order valence-corrected chi connectivity index (χ4v) is 2.86. The highest BCUT2D eigenvalue weighted by atomic mass is 14.2. The molecule has 0 atom stereocenters. The molecule has 0 unspecified atom stereocenters. The maximum atomic E-state index is 3.84. The third kappa shape index (κ3) is 3.01. The molecule has 0 saturated heterocycles. The lowest BCUT2D eigenvalue weighted by molar-refractivity contribution is 1.00. The van der Waals surface area contributed by atoms with Crippen LogP contribution in [0.5, 0.6) is 0 Å². The molecule has 0 nitrogen and oxygen atoms in total. The number of benzene rings is 2. The first kappa shape index (κ1) is 14.3. The molecule has 0 fully saturated rings. The third-order valence-corrected chi connectivity index (χ3v) is 3.92. The van der Waals surface area contributed by atoms with Crippen molar-refractivity contribution >= 4 is 5.57 Å². The summed E-state index contributed by atoms with van der Waals surface area (Å²) in [6.45, 7) is 3.84. The van der Waals surface area contributed by atoms with Gasteiger partial charge >= 0.3 is 0 Å². The first-order valence-corrected chi connectivity index (χ1v) is 7.74. The normalized spacial score (nSPS) is 13.1. The standard InChI is InChI=1S/C22H20/c1-2-3-11-18-16-10-17-21(18)22(19-12-6-4-7-13-19)20-14-8-5-9-15-20/h2,4-10,12-17H,1,3,11H2. The van der Waals surface area contributed by atoms with Gasteiger partial charge < -0.3 is 0 Å². The average molecular weight is 284 g/mol. The fraction of sp³-hybridized carbons (Fsp3) is 0.0909. The Kier molecular flexibility index (Phi) is 4.50. The van der Waals surface area contributed by atoms with Crippen LogP contribution in [-0.2, 0) is 0 Å². The molecule has 0 spiro atoms. The molecule has 0 aliphatic heterocycles. The van der Waals surface area contributed by atoms with Gasteiger partial charge in [-0.05, 0) is 40.7 Å². The van der Waals surface area contributed by atoms with Gasteiger partial charge in [-0.15, -0.1) is 6.58 Å². The van der Waals surface area contributed by atoms with Gasteiger partial charge in [0.15, 0.2) is 0 Å². The number of hydrogen-bond donors (Lipinski definition) is 0. The lowest BCUT2D eigenvalue weighted by atomic mass is 9.89. The van der Waals surface area contributed by atoms with Crippen molar-refractivity contribution in [1.82, 2.24) is 0 Å². The van der Waals surface area contributed by atoms with Crippen LogP contribution in [0, 0.1) is 0 Å². The third-order valence-electron chi connectivity index (χ3n) is 3.92. The van der Waals surface area contributed by atoms with Crippen LogP contribution in [0.2, 0.25) is 0 Å². The first-order valence-electron chi connectivity index (χ1n) is 7.74. The minimum Gasteiger partial charge on any atom is -0.103 e. The molecule has 0 radical (unpaired) electrons. The molecule has 0 N–H and O–H groups in total. The second kappa shape index (κ2) is 6.91. The van der Waals surface area contributed by atoms with E-state index in [0.717, 1.165) is 12.8 Å². The van der Waals surface area contributed by atoms with E-state index in [4.69, 9.17) is 0 Å². The Balaban J connectivity index is 2.14. The summed E-state index contributed by atoms with van der Waals surface area (Å²) in [6.07, 6.45) is 10.6. The van der Waals surface area contributed by atoms with Crippen molar-refractivity contribution in [1.29, 1.82) is 0 Å². The van der Waals surface area contributed by atoms with Crippen LogP contribution in [0.1, 0.15) is 24.0 Å². The van der Waals surface area contributed by atoms with Crippen LogP contribution in [0.3, 0.4) is 0 Å². The van der Waals surface area contributed by atoms with Crippen molar-refractivity contribution in [2.75, 3.05) is 0 Å². The number of rotatable bonds is 5. The van der Waals surface area contributed by atoms with E-state index < -0.39 is 0 Å². The smallest absolute Gasteiger partial charge is 0.00361 e. The second-order valence-corrected chi connectivity index (χ2v) is 5.40. The molecule has 0 bridgehead atoms. The molecule has 0 heteroatoms. The average Bonchev–Trinajstić information content (AvgIpc) is 3.03. The second-order valence-electron chi connectivity index (χ2n) is 5.40. The van der Waals surface area contributed by atoms with E-state index in [0.29, 0.717) is 0 Å². The van der Waals surface area contributed by atoms with Gasteiger partial charge in [0.2, 0.25) is 0 Å². The van der Waals surface area contributed by atoms with E-state index in [1.165, 1.54) is 27.8 Å². The van der Waals surface area contributed by atoms with Gasteiger partial charge in [-0.3, -0.25) is 0 Å². The Bertz CT molecular complexity index is 687. The summed E-state index contributed by atoms with van der Waals surface area (Å²) in [7, 11) is 0. The predicted molar refractivity (Wildman–Crippen MR) is 95.6 cm³/mol. The summed E-state index contributed by atoms with van der Waals surface area (Å²) in [5.41, 5.74) is 6.56. The molecule has 0 saturated carbocycles. The first-order chi connectivity index (χ1) is 10.9. The molecule has 0 aromatic heterocycles. The summed E-state index contributed by atoms with van der Waals surface area (Å²) in [5, 5.41) is 0. The van der Waals surface area contributed by atoms with Gasteiger partial charge in [-0.2, -0.15) is 0 Å². The summed E-state index contributed by atoms with van der Waals surface area (Å²) in [5.74, 6) is 0. The van der Waals surface area contributed by atoms with E-state index in [-0.39, 0.29) is 0 Å². The minimum absolute atomic E-state index is 1.01. The van der Waals surface area contributed by atoms with E-state index in [1.54, 1.807) is 0 Å². The Morgan fingerprint density at radius 1 is 0.864 bits per heavy atom. The molecular weight excluding hydrogens is 264 g/mol. The van der Waals surface area contributed by atoms with Gasteiger partial charge in [-0.25, -0.2) is 0 Å². The SMILES string of the molecule is C=CCCC1=CC=CC1=C(c1ccccc1)c1ccccc1. The minimum atomic E-state index is 1.01. The van der Waals surface area contributed by atoms with E-state index >= 15 is 0 Å². The van der Waals surface area contributed by atoms with Crippen molar-refractivity contribution in [3.63, 3.8) is 0 Å². The molecule has 2 aromatic rings. The zero-order valence-electron chi connectivity index (χ0n) is 12.7. The van der Waals surface area contributed by atoms with Gasteiger partial charge in [0.1, 0.15) is 0 Å². The highest BCUT2D eigenvalue weighted by Crippen LogP contribution is 2.35. The molecule has 1 aliphatic carbocycles. The van der Waals surface area contributed by atoms with Crippen LogP contribution in [0.4, 0.5) is 0 Å². The number of allylic oxidation sites excluding steroid dienone is 6. The van der Waals surface area contributed by atoms with Crippen LogP contribution in [0.15, 0.2) is 103 Å². The van der Waals surface area contributed by atoms with Crippen molar-refractivity contribution < 1.29 is 0 Å². The Hall–Kier alpha value is -2.60. The molecule has 2 aromatic carbocycles. The molecule has 108 valence electrons. The molecule has 1 aliphatic rings. The lowest BCUT2D eigenvalue weighted by Crippen LogP contribution is -1.95. The zero-order chi connectivity index (χ0) is 15.2. The van der Waals surface area contributed by atoms with Gasteiger partial charge in [0, 0.05) is 0 Å². The van der Waals surface area contributed by atoms with Crippen LogP contribution >= 0.6 is 0 Å². The predicted octanol–water partition coefficient (Wildman–Crippen LogP) is 5.95. The molecular formula is C22H20.